The molecule has 0 radical (unpaired) electrons. The molecule has 1 N–H and O–H groups in total. The third kappa shape index (κ3) is 3.86. The number of carbonyl (C=O) groups is 1. The van der Waals surface area contributed by atoms with Crippen molar-refractivity contribution >= 4 is 13.5 Å². The van der Waals surface area contributed by atoms with Crippen LogP contribution in [0.25, 0.3) is 0 Å². The van der Waals surface area contributed by atoms with Crippen molar-refractivity contribution in [2.24, 2.45) is 0 Å². The molecule has 1 fully saturated rings. The summed E-state index contributed by atoms with van der Waals surface area (Å²) in [7, 11) is 0.647. The maximum Gasteiger partial charge on any atom is 0.305 e. The average Bonchev–Trinajstić information content (AvgIpc) is 2.32. The first-order valence-electron chi connectivity index (χ1n) is 5.97. The fourth-order valence-electron chi connectivity index (χ4n) is 2.19. The highest BCUT2D eigenvalue weighted by Gasteiger charge is 2.25. The van der Waals surface area contributed by atoms with Gasteiger partial charge in [0, 0.05) is 11.9 Å². The number of carboxylic acids is 1. The lowest BCUT2D eigenvalue weighted by Gasteiger charge is -2.27. The van der Waals surface area contributed by atoms with E-state index in [1.54, 1.807) is 6.20 Å². The SMILES string of the molecule is O=C(O)C[C@@H]1CC[C@H](Cc2ccccn2)BO1. The molecule has 5 heteroatoms. The van der Waals surface area contributed by atoms with Crippen molar-refractivity contribution in [2.45, 2.75) is 37.6 Å². The zero-order valence-corrected chi connectivity index (χ0v) is 9.71. The molecule has 4 nitrogen and oxygen atoms in total. The summed E-state index contributed by atoms with van der Waals surface area (Å²) in [6.07, 6.45) is 4.59. The largest absolute Gasteiger partial charge is 0.481 e. The molecular formula is C12H16BNO3. The molecule has 0 saturated carbocycles. The number of pyridine rings is 1. The molecule has 1 aliphatic heterocycles. The van der Waals surface area contributed by atoms with Crippen LogP contribution < -0.4 is 0 Å². The predicted octanol–water partition coefficient (Wildman–Crippen LogP) is 1.42. The van der Waals surface area contributed by atoms with Crippen LogP contribution in [0.15, 0.2) is 24.4 Å². The minimum Gasteiger partial charge on any atom is -0.481 e. The second-order valence-corrected chi connectivity index (χ2v) is 4.52. The van der Waals surface area contributed by atoms with Gasteiger partial charge in [0.05, 0.1) is 12.5 Å². The molecule has 1 aliphatic rings. The van der Waals surface area contributed by atoms with Crippen LogP contribution in [-0.4, -0.2) is 29.6 Å². The van der Waals surface area contributed by atoms with E-state index < -0.39 is 5.97 Å². The van der Waals surface area contributed by atoms with Crippen LogP contribution in [0.1, 0.15) is 25.0 Å². The highest BCUT2D eigenvalue weighted by atomic mass is 16.4. The Morgan fingerprint density at radius 1 is 1.53 bits per heavy atom. The Labute approximate surface area is 101 Å². The van der Waals surface area contributed by atoms with E-state index in [1.807, 2.05) is 18.2 Å². The number of aromatic nitrogens is 1. The summed E-state index contributed by atoms with van der Waals surface area (Å²) in [5.74, 6) is -0.312. The molecule has 17 heavy (non-hydrogen) atoms. The molecule has 0 aliphatic carbocycles. The van der Waals surface area contributed by atoms with Crippen molar-refractivity contribution in [1.82, 2.24) is 4.98 Å². The van der Waals surface area contributed by atoms with Crippen LogP contribution in [-0.2, 0) is 15.9 Å². The van der Waals surface area contributed by atoms with Gasteiger partial charge in [-0.15, -0.1) is 0 Å². The topological polar surface area (TPSA) is 59.4 Å². The van der Waals surface area contributed by atoms with Crippen LogP contribution in [0.4, 0.5) is 0 Å². The van der Waals surface area contributed by atoms with Crippen molar-refractivity contribution in [3.63, 3.8) is 0 Å². The van der Waals surface area contributed by atoms with Crippen molar-refractivity contribution in [3.8, 4) is 0 Å². The molecule has 0 bridgehead atoms. The van der Waals surface area contributed by atoms with E-state index in [2.05, 4.69) is 4.98 Å². The fraction of sp³-hybridized carbons (Fsp3) is 0.500. The zero-order chi connectivity index (χ0) is 12.1. The van der Waals surface area contributed by atoms with Gasteiger partial charge in [0.1, 0.15) is 0 Å². The minimum atomic E-state index is -0.779. The Balaban J connectivity index is 1.78. The minimum absolute atomic E-state index is 0.104. The number of hydrogen-bond donors (Lipinski definition) is 1. The lowest BCUT2D eigenvalue weighted by Crippen LogP contribution is -2.28. The number of carboxylic acid groups (broad SMARTS) is 1. The number of rotatable bonds is 4. The maximum atomic E-state index is 10.6. The molecule has 2 heterocycles. The van der Waals surface area contributed by atoms with Crippen LogP contribution in [0.3, 0.4) is 0 Å². The van der Waals surface area contributed by atoms with Crippen molar-refractivity contribution in [1.29, 1.82) is 0 Å². The molecule has 0 aromatic carbocycles. The first-order valence-corrected chi connectivity index (χ1v) is 5.97. The summed E-state index contributed by atoms with van der Waals surface area (Å²) in [4.78, 5) is 14.8. The normalized spacial score (nSPS) is 24.0. The third-order valence-corrected chi connectivity index (χ3v) is 3.09. The molecular weight excluding hydrogens is 217 g/mol. The summed E-state index contributed by atoms with van der Waals surface area (Å²) in [6, 6.07) is 5.91. The standard InChI is InChI=1S/C12H16BNO3/c15-12(16)8-11-5-4-9(13-17-11)7-10-3-1-2-6-14-10/h1-3,6,9,11,13H,4-5,7-8H2,(H,15,16)/t9-,11+/m1/s1. The first-order chi connectivity index (χ1) is 8.24. The van der Waals surface area contributed by atoms with E-state index in [9.17, 15) is 4.79 Å². The van der Waals surface area contributed by atoms with Gasteiger partial charge in [0.25, 0.3) is 7.48 Å². The lowest BCUT2D eigenvalue weighted by atomic mass is 9.70. The summed E-state index contributed by atoms with van der Waals surface area (Å²) >= 11 is 0. The molecule has 0 spiro atoms. The smallest absolute Gasteiger partial charge is 0.305 e. The Kier molecular flexibility index (Phi) is 4.15. The van der Waals surface area contributed by atoms with Gasteiger partial charge < -0.3 is 9.76 Å². The van der Waals surface area contributed by atoms with Gasteiger partial charge in [-0.3, -0.25) is 9.78 Å². The highest BCUT2D eigenvalue weighted by molar-refractivity contribution is 6.30. The van der Waals surface area contributed by atoms with E-state index in [-0.39, 0.29) is 12.5 Å². The van der Waals surface area contributed by atoms with Gasteiger partial charge in [-0.25, -0.2) is 0 Å². The summed E-state index contributed by atoms with van der Waals surface area (Å²) in [6.45, 7) is 0. The average molecular weight is 233 g/mol. The van der Waals surface area contributed by atoms with Crippen LogP contribution in [0.2, 0.25) is 5.82 Å². The molecule has 0 amide bonds. The van der Waals surface area contributed by atoms with Crippen molar-refractivity contribution in [2.75, 3.05) is 0 Å². The highest BCUT2D eigenvalue weighted by Crippen LogP contribution is 2.26. The van der Waals surface area contributed by atoms with E-state index >= 15 is 0 Å². The monoisotopic (exact) mass is 233 g/mol. The van der Waals surface area contributed by atoms with Crippen LogP contribution in [0.5, 0.6) is 0 Å². The summed E-state index contributed by atoms with van der Waals surface area (Å²) in [5.41, 5.74) is 1.08. The number of aliphatic carboxylic acids is 1. The lowest BCUT2D eigenvalue weighted by molar-refractivity contribution is -0.139. The molecule has 1 aromatic heterocycles. The van der Waals surface area contributed by atoms with Crippen molar-refractivity contribution in [3.05, 3.63) is 30.1 Å². The van der Waals surface area contributed by atoms with Crippen LogP contribution in [0, 0.1) is 0 Å². The van der Waals surface area contributed by atoms with E-state index in [4.69, 9.17) is 9.76 Å². The fourth-order valence-corrected chi connectivity index (χ4v) is 2.19. The zero-order valence-electron chi connectivity index (χ0n) is 9.71. The molecule has 2 atom stereocenters. The second kappa shape index (κ2) is 5.82. The first kappa shape index (κ1) is 12.1. The number of hydrogen-bond acceptors (Lipinski definition) is 3. The molecule has 1 aromatic rings. The van der Waals surface area contributed by atoms with Gasteiger partial charge >= 0.3 is 5.97 Å². The van der Waals surface area contributed by atoms with Gasteiger partial charge in [0.15, 0.2) is 0 Å². The Morgan fingerprint density at radius 2 is 2.41 bits per heavy atom. The third-order valence-electron chi connectivity index (χ3n) is 3.09. The van der Waals surface area contributed by atoms with Gasteiger partial charge in [-0.05, 0) is 30.8 Å². The molecule has 90 valence electrons. The molecule has 2 rings (SSSR count). The number of nitrogens with zero attached hydrogens (tertiary/aromatic N) is 1. The van der Waals surface area contributed by atoms with Gasteiger partial charge in [-0.2, -0.15) is 0 Å². The quantitative estimate of drug-likeness (QED) is 0.799. The van der Waals surface area contributed by atoms with Gasteiger partial charge in [0.2, 0.25) is 0 Å². The van der Waals surface area contributed by atoms with Gasteiger partial charge in [-0.1, -0.05) is 12.5 Å². The van der Waals surface area contributed by atoms with E-state index in [0.717, 1.165) is 25.0 Å². The maximum absolute atomic E-state index is 10.6. The second-order valence-electron chi connectivity index (χ2n) is 4.52. The van der Waals surface area contributed by atoms with Crippen molar-refractivity contribution < 1.29 is 14.6 Å². The Bertz CT molecular complexity index is 363. The van der Waals surface area contributed by atoms with E-state index in [1.165, 1.54) is 0 Å². The Morgan fingerprint density at radius 3 is 3.00 bits per heavy atom. The summed E-state index contributed by atoms with van der Waals surface area (Å²) in [5, 5.41) is 8.68. The van der Waals surface area contributed by atoms with Crippen LogP contribution >= 0.6 is 0 Å². The molecule has 0 unspecified atom stereocenters. The predicted molar refractivity (Wildman–Crippen MR) is 65.2 cm³/mol. The molecule has 1 saturated heterocycles. The van der Waals surface area contributed by atoms with E-state index in [0.29, 0.717) is 13.3 Å². The summed E-state index contributed by atoms with van der Waals surface area (Å²) < 4.78 is 5.56. The Hall–Kier alpha value is -1.36.